The maximum atomic E-state index is 11.3. The molecule has 2 rings (SSSR count). The molecule has 0 aromatic carbocycles. The van der Waals surface area contributed by atoms with Gasteiger partial charge in [0, 0.05) is 6.08 Å². The summed E-state index contributed by atoms with van der Waals surface area (Å²) in [6.45, 7) is 5.74. The Morgan fingerprint density at radius 3 is 2.62 bits per heavy atom. The van der Waals surface area contributed by atoms with E-state index in [1.165, 1.54) is 38.2 Å². The van der Waals surface area contributed by atoms with Gasteiger partial charge in [-0.05, 0) is 30.6 Å². The average molecular weight is 222 g/mol. The van der Waals surface area contributed by atoms with E-state index in [1.807, 2.05) is 0 Å². The summed E-state index contributed by atoms with van der Waals surface area (Å²) in [6.07, 6.45) is 9.10. The zero-order valence-electron chi connectivity index (χ0n) is 10.2. The first-order chi connectivity index (χ1) is 7.70. The maximum absolute atomic E-state index is 11.3. The van der Waals surface area contributed by atoms with Gasteiger partial charge >= 0.3 is 5.97 Å². The van der Waals surface area contributed by atoms with Crippen LogP contribution in [0, 0.1) is 17.8 Å². The van der Waals surface area contributed by atoms with E-state index in [9.17, 15) is 4.79 Å². The molecule has 0 amide bonds. The van der Waals surface area contributed by atoms with Crippen LogP contribution in [0.3, 0.4) is 0 Å². The molecule has 0 N–H and O–H groups in total. The average Bonchev–Trinajstić information content (AvgIpc) is 2.87. The molecule has 0 saturated heterocycles. The van der Waals surface area contributed by atoms with Gasteiger partial charge in [0.15, 0.2) is 0 Å². The second kappa shape index (κ2) is 5.03. The number of carbonyl (C=O) groups excluding carboxylic acids is 1. The van der Waals surface area contributed by atoms with Crippen molar-refractivity contribution < 1.29 is 9.53 Å². The van der Waals surface area contributed by atoms with Crippen molar-refractivity contribution in [2.75, 3.05) is 0 Å². The van der Waals surface area contributed by atoms with E-state index < -0.39 is 0 Å². The predicted molar refractivity (Wildman–Crippen MR) is 63.9 cm³/mol. The van der Waals surface area contributed by atoms with Gasteiger partial charge in [0.1, 0.15) is 6.10 Å². The number of rotatable bonds is 3. The van der Waals surface area contributed by atoms with Crippen LogP contribution in [0.4, 0.5) is 0 Å². The maximum Gasteiger partial charge on any atom is 0.330 e. The number of carbonyl (C=O) groups is 1. The van der Waals surface area contributed by atoms with Gasteiger partial charge in [0.25, 0.3) is 0 Å². The summed E-state index contributed by atoms with van der Waals surface area (Å²) >= 11 is 0. The monoisotopic (exact) mass is 222 g/mol. The third-order valence-electron chi connectivity index (χ3n) is 4.23. The highest BCUT2D eigenvalue weighted by molar-refractivity contribution is 5.81. The summed E-state index contributed by atoms with van der Waals surface area (Å²) in [5, 5.41) is 0. The van der Waals surface area contributed by atoms with E-state index >= 15 is 0 Å². The second-order valence-corrected chi connectivity index (χ2v) is 5.46. The fraction of sp³-hybridized carbons (Fsp3) is 0.786. The van der Waals surface area contributed by atoms with E-state index in [1.54, 1.807) is 0 Å². The van der Waals surface area contributed by atoms with Crippen LogP contribution in [0.1, 0.15) is 45.4 Å². The highest BCUT2D eigenvalue weighted by Gasteiger charge is 2.39. The smallest absolute Gasteiger partial charge is 0.330 e. The molecule has 2 nitrogen and oxygen atoms in total. The fourth-order valence-electron chi connectivity index (χ4n) is 3.50. The van der Waals surface area contributed by atoms with Crippen molar-refractivity contribution in [2.45, 2.75) is 51.6 Å². The van der Waals surface area contributed by atoms with Gasteiger partial charge in [-0.3, -0.25) is 0 Å². The van der Waals surface area contributed by atoms with Gasteiger partial charge in [-0.1, -0.05) is 39.2 Å². The van der Waals surface area contributed by atoms with Gasteiger partial charge in [-0.15, -0.1) is 0 Å². The Bertz CT molecular complexity index is 266. The van der Waals surface area contributed by atoms with Crippen LogP contribution in [-0.2, 0) is 9.53 Å². The lowest BCUT2D eigenvalue weighted by Crippen LogP contribution is -2.26. The molecule has 3 atom stereocenters. The second-order valence-electron chi connectivity index (χ2n) is 5.46. The van der Waals surface area contributed by atoms with Crippen LogP contribution in [0.2, 0.25) is 0 Å². The summed E-state index contributed by atoms with van der Waals surface area (Å²) in [7, 11) is 0. The van der Waals surface area contributed by atoms with Crippen LogP contribution >= 0.6 is 0 Å². The van der Waals surface area contributed by atoms with Crippen molar-refractivity contribution in [3.8, 4) is 0 Å². The molecule has 0 spiro atoms. The lowest BCUT2D eigenvalue weighted by molar-refractivity contribution is -0.145. The van der Waals surface area contributed by atoms with Crippen molar-refractivity contribution in [3.05, 3.63) is 12.7 Å². The number of hydrogen-bond donors (Lipinski definition) is 0. The van der Waals surface area contributed by atoms with Gasteiger partial charge in [0.2, 0.25) is 0 Å². The molecule has 2 heteroatoms. The number of hydrogen-bond acceptors (Lipinski definition) is 2. The van der Waals surface area contributed by atoms with Crippen LogP contribution in [0.15, 0.2) is 12.7 Å². The quantitative estimate of drug-likeness (QED) is 0.541. The summed E-state index contributed by atoms with van der Waals surface area (Å²) in [6, 6.07) is 0. The van der Waals surface area contributed by atoms with E-state index in [0.717, 1.165) is 12.3 Å². The molecule has 0 bridgehead atoms. The van der Waals surface area contributed by atoms with Crippen molar-refractivity contribution in [1.82, 2.24) is 0 Å². The minimum Gasteiger partial charge on any atom is -0.459 e. The van der Waals surface area contributed by atoms with Crippen molar-refractivity contribution in [1.29, 1.82) is 0 Å². The van der Waals surface area contributed by atoms with Crippen molar-refractivity contribution >= 4 is 5.97 Å². The van der Waals surface area contributed by atoms with E-state index in [2.05, 4.69) is 13.5 Å². The Hall–Kier alpha value is -0.790. The van der Waals surface area contributed by atoms with Gasteiger partial charge in [-0.25, -0.2) is 4.79 Å². The Kier molecular flexibility index (Phi) is 3.67. The summed E-state index contributed by atoms with van der Waals surface area (Å²) < 4.78 is 5.50. The lowest BCUT2D eigenvalue weighted by Gasteiger charge is -2.24. The molecule has 2 unspecified atom stereocenters. The Labute approximate surface area is 98.1 Å². The molecule has 2 aliphatic rings. The lowest BCUT2D eigenvalue weighted by atomic mass is 9.87. The van der Waals surface area contributed by atoms with Crippen molar-refractivity contribution in [2.24, 2.45) is 17.8 Å². The van der Waals surface area contributed by atoms with E-state index in [4.69, 9.17) is 4.74 Å². The molecule has 16 heavy (non-hydrogen) atoms. The zero-order valence-corrected chi connectivity index (χ0v) is 10.2. The largest absolute Gasteiger partial charge is 0.459 e. The van der Waals surface area contributed by atoms with Crippen LogP contribution in [0.5, 0.6) is 0 Å². The Balaban J connectivity index is 1.97. The SMILES string of the molecule is C=CC(=O)OC1C[C@H](C)CC1C1CCCC1. The van der Waals surface area contributed by atoms with Crippen molar-refractivity contribution in [3.63, 3.8) is 0 Å². The van der Waals surface area contributed by atoms with Gasteiger partial charge in [-0.2, -0.15) is 0 Å². The Morgan fingerprint density at radius 2 is 2.00 bits per heavy atom. The minimum atomic E-state index is -0.248. The van der Waals surface area contributed by atoms with Gasteiger partial charge in [0.05, 0.1) is 0 Å². The molecular weight excluding hydrogens is 200 g/mol. The number of ether oxygens (including phenoxy) is 1. The van der Waals surface area contributed by atoms with E-state index in [-0.39, 0.29) is 12.1 Å². The van der Waals surface area contributed by atoms with Gasteiger partial charge < -0.3 is 4.74 Å². The molecule has 2 aliphatic carbocycles. The first-order valence-corrected chi connectivity index (χ1v) is 6.53. The molecule has 0 aromatic rings. The Morgan fingerprint density at radius 1 is 1.31 bits per heavy atom. The van der Waals surface area contributed by atoms with E-state index in [0.29, 0.717) is 11.8 Å². The predicted octanol–water partition coefficient (Wildman–Crippen LogP) is 3.32. The molecule has 0 aliphatic heterocycles. The number of esters is 1. The molecule has 0 radical (unpaired) electrons. The first-order valence-electron chi connectivity index (χ1n) is 6.53. The van der Waals surface area contributed by atoms with Crippen LogP contribution in [-0.4, -0.2) is 12.1 Å². The normalized spacial score (nSPS) is 35.2. The minimum absolute atomic E-state index is 0.156. The third-order valence-corrected chi connectivity index (χ3v) is 4.23. The first kappa shape index (κ1) is 11.7. The molecule has 0 heterocycles. The fourth-order valence-corrected chi connectivity index (χ4v) is 3.50. The molecule has 2 saturated carbocycles. The van der Waals surface area contributed by atoms with Crippen LogP contribution < -0.4 is 0 Å². The highest BCUT2D eigenvalue weighted by atomic mass is 16.5. The standard InChI is InChI=1S/C14H22O2/c1-3-14(15)16-13-9-10(2)8-12(13)11-6-4-5-7-11/h3,10-13H,1,4-9H2,2H3/t10-,12?,13?/m1/s1. The molecular formula is C14H22O2. The summed E-state index contributed by atoms with van der Waals surface area (Å²) in [5.41, 5.74) is 0. The summed E-state index contributed by atoms with van der Waals surface area (Å²) in [4.78, 5) is 11.3. The molecule has 2 fully saturated rings. The van der Waals surface area contributed by atoms with Crippen LogP contribution in [0.25, 0.3) is 0 Å². The topological polar surface area (TPSA) is 26.3 Å². The third kappa shape index (κ3) is 2.47. The molecule has 0 aromatic heterocycles. The zero-order chi connectivity index (χ0) is 11.5. The highest BCUT2D eigenvalue weighted by Crippen LogP contribution is 2.44. The molecule has 90 valence electrons. The summed E-state index contributed by atoms with van der Waals surface area (Å²) in [5.74, 6) is 1.87.